The average molecular weight is 393 g/mol. The maximum atomic E-state index is 13.3. The molecule has 21 heavy (non-hydrogen) atoms. The van der Waals surface area contributed by atoms with Crippen molar-refractivity contribution in [2.75, 3.05) is 11.8 Å². The van der Waals surface area contributed by atoms with E-state index >= 15 is 0 Å². The molecule has 0 bridgehead atoms. The summed E-state index contributed by atoms with van der Waals surface area (Å²) in [5.74, 6) is -0.479. The molecule has 0 unspecified atom stereocenters. The number of halogens is 2. The van der Waals surface area contributed by atoms with Crippen molar-refractivity contribution in [1.29, 1.82) is 0 Å². The Morgan fingerprint density at radius 2 is 2.00 bits per heavy atom. The Hall–Kier alpha value is -0.960. The van der Waals surface area contributed by atoms with Crippen molar-refractivity contribution in [2.24, 2.45) is 0 Å². The minimum Gasteiger partial charge on any atom is -0.315 e. The van der Waals surface area contributed by atoms with Crippen molar-refractivity contribution in [2.45, 2.75) is 18.4 Å². The highest BCUT2D eigenvalue weighted by atomic mass is 79.9. The molecule has 0 radical (unpaired) electrons. The van der Waals surface area contributed by atoms with Gasteiger partial charge in [0.25, 0.3) is 10.0 Å². The van der Waals surface area contributed by atoms with Gasteiger partial charge in [-0.05, 0) is 59.7 Å². The number of aryl methyl sites for hydroxylation is 1. The first-order valence-corrected chi connectivity index (χ1v) is 9.14. The van der Waals surface area contributed by atoms with Crippen LogP contribution in [0.15, 0.2) is 32.9 Å². The van der Waals surface area contributed by atoms with E-state index in [1.807, 2.05) is 0 Å². The largest absolute Gasteiger partial charge is 0.315 e. The van der Waals surface area contributed by atoms with Crippen molar-refractivity contribution < 1.29 is 12.8 Å². The number of anilines is 1. The molecule has 0 atom stereocenters. The number of hydrogen-bond acceptors (Lipinski definition) is 4. The lowest BCUT2D eigenvalue weighted by molar-refractivity contribution is 0.601. The number of thiophene rings is 1. The minimum absolute atomic E-state index is 0.152. The van der Waals surface area contributed by atoms with Crippen LogP contribution in [0.3, 0.4) is 0 Å². The Bertz CT molecular complexity index is 739. The van der Waals surface area contributed by atoms with E-state index in [0.717, 1.165) is 10.9 Å². The fraction of sp³-hybridized carbons (Fsp3) is 0.231. The fourth-order valence-electron chi connectivity index (χ4n) is 1.85. The van der Waals surface area contributed by atoms with Gasteiger partial charge in [-0.2, -0.15) is 0 Å². The van der Waals surface area contributed by atoms with E-state index in [-0.39, 0.29) is 10.6 Å². The molecule has 4 nitrogen and oxygen atoms in total. The summed E-state index contributed by atoms with van der Waals surface area (Å²) >= 11 is 4.61. The highest BCUT2D eigenvalue weighted by Crippen LogP contribution is 2.33. The first-order chi connectivity index (χ1) is 9.81. The monoisotopic (exact) mass is 392 g/mol. The average Bonchev–Trinajstić information content (AvgIpc) is 2.69. The quantitative estimate of drug-likeness (QED) is 0.818. The lowest BCUT2D eigenvalue weighted by atomic mass is 10.2. The molecule has 1 heterocycles. The molecular formula is C13H14BrFN2O2S2. The van der Waals surface area contributed by atoms with Crippen LogP contribution in [0, 0.1) is 12.7 Å². The third kappa shape index (κ3) is 4.03. The van der Waals surface area contributed by atoms with E-state index in [4.69, 9.17) is 0 Å². The van der Waals surface area contributed by atoms with Gasteiger partial charge in [0.15, 0.2) is 0 Å². The summed E-state index contributed by atoms with van der Waals surface area (Å²) in [7, 11) is -1.97. The van der Waals surface area contributed by atoms with Crippen molar-refractivity contribution in [3.63, 3.8) is 0 Å². The maximum Gasteiger partial charge on any atom is 0.263 e. The topological polar surface area (TPSA) is 58.2 Å². The molecular weight excluding hydrogens is 379 g/mol. The Labute approximate surface area is 135 Å². The summed E-state index contributed by atoms with van der Waals surface area (Å²) in [6, 6.07) is 5.66. The van der Waals surface area contributed by atoms with Crippen molar-refractivity contribution in [1.82, 2.24) is 5.32 Å². The molecule has 1 aromatic heterocycles. The molecule has 0 fully saturated rings. The van der Waals surface area contributed by atoms with E-state index < -0.39 is 15.8 Å². The zero-order valence-electron chi connectivity index (χ0n) is 11.4. The molecule has 0 spiro atoms. The van der Waals surface area contributed by atoms with Crippen LogP contribution >= 0.6 is 27.3 Å². The van der Waals surface area contributed by atoms with Crippen LogP contribution in [0.1, 0.15) is 10.4 Å². The van der Waals surface area contributed by atoms with Crippen LogP contribution in [0.4, 0.5) is 10.1 Å². The molecule has 0 aliphatic carbocycles. The van der Waals surface area contributed by atoms with Crippen LogP contribution in [0.2, 0.25) is 0 Å². The van der Waals surface area contributed by atoms with Crippen molar-refractivity contribution in [3.8, 4) is 0 Å². The van der Waals surface area contributed by atoms with Gasteiger partial charge in [0, 0.05) is 11.4 Å². The second kappa shape index (κ2) is 6.43. The number of hydrogen-bond donors (Lipinski definition) is 2. The number of rotatable bonds is 5. The molecule has 0 saturated carbocycles. The maximum absolute atomic E-state index is 13.3. The van der Waals surface area contributed by atoms with E-state index in [9.17, 15) is 12.8 Å². The summed E-state index contributed by atoms with van der Waals surface area (Å²) in [5, 5.41) is 2.97. The lowest BCUT2D eigenvalue weighted by Gasteiger charge is -2.08. The van der Waals surface area contributed by atoms with Gasteiger partial charge in [-0.25, -0.2) is 12.8 Å². The Kier molecular flexibility index (Phi) is 5.03. The molecule has 2 aromatic rings. The van der Waals surface area contributed by atoms with Crippen LogP contribution < -0.4 is 10.0 Å². The Morgan fingerprint density at radius 3 is 2.62 bits per heavy atom. The van der Waals surface area contributed by atoms with Crippen LogP contribution in [0.5, 0.6) is 0 Å². The minimum atomic E-state index is -3.76. The van der Waals surface area contributed by atoms with E-state index in [1.54, 1.807) is 26.1 Å². The lowest BCUT2D eigenvalue weighted by Crippen LogP contribution is -2.13. The Morgan fingerprint density at radius 1 is 1.29 bits per heavy atom. The van der Waals surface area contributed by atoms with Gasteiger partial charge < -0.3 is 5.32 Å². The first kappa shape index (κ1) is 16.4. The van der Waals surface area contributed by atoms with Gasteiger partial charge in [0.05, 0.1) is 9.47 Å². The zero-order chi connectivity index (χ0) is 15.6. The number of sulfonamides is 1. The van der Waals surface area contributed by atoms with Gasteiger partial charge in [-0.1, -0.05) is 0 Å². The molecule has 0 aliphatic rings. The van der Waals surface area contributed by atoms with Crippen LogP contribution in [-0.2, 0) is 16.6 Å². The van der Waals surface area contributed by atoms with Crippen LogP contribution in [-0.4, -0.2) is 15.5 Å². The summed E-state index contributed by atoms with van der Waals surface area (Å²) in [6.07, 6.45) is 0. The van der Waals surface area contributed by atoms with Gasteiger partial charge >= 0.3 is 0 Å². The molecule has 114 valence electrons. The van der Waals surface area contributed by atoms with Crippen LogP contribution in [0.25, 0.3) is 0 Å². The zero-order valence-corrected chi connectivity index (χ0v) is 14.6. The van der Waals surface area contributed by atoms with Gasteiger partial charge in [0.1, 0.15) is 10.7 Å². The number of benzene rings is 1. The SMILES string of the molecule is CNCc1cc(S(=O)(=O)Nc2cc(C)cc(F)c2)c(Br)s1. The third-order valence-corrected chi connectivity index (χ3v) is 6.27. The molecule has 1 aromatic carbocycles. The highest BCUT2D eigenvalue weighted by Gasteiger charge is 2.21. The summed E-state index contributed by atoms with van der Waals surface area (Å²) in [4.78, 5) is 1.04. The van der Waals surface area contributed by atoms with Crippen molar-refractivity contribution >= 4 is 43.0 Å². The predicted molar refractivity (Wildman–Crippen MR) is 86.7 cm³/mol. The second-order valence-corrected chi connectivity index (χ2v) is 8.61. The molecule has 8 heteroatoms. The molecule has 0 saturated heterocycles. The van der Waals surface area contributed by atoms with E-state index in [1.165, 1.54) is 17.4 Å². The van der Waals surface area contributed by atoms with Crippen molar-refractivity contribution in [3.05, 3.63) is 44.3 Å². The first-order valence-electron chi connectivity index (χ1n) is 6.04. The summed E-state index contributed by atoms with van der Waals surface area (Å²) < 4.78 is 41.0. The fourth-order valence-corrected chi connectivity index (χ4v) is 5.58. The molecule has 2 N–H and O–H groups in total. The van der Waals surface area contributed by atoms with E-state index in [2.05, 4.69) is 26.0 Å². The normalized spacial score (nSPS) is 11.6. The second-order valence-electron chi connectivity index (χ2n) is 4.50. The molecule has 0 aliphatic heterocycles. The van der Waals surface area contributed by atoms with E-state index in [0.29, 0.717) is 15.9 Å². The molecule has 2 rings (SSSR count). The van der Waals surface area contributed by atoms with Gasteiger partial charge in [0.2, 0.25) is 0 Å². The predicted octanol–water partition coefficient (Wildman–Crippen LogP) is 3.48. The third-order valence-electron chi connectivity index (χ3n) is 2.64. The number of nitrogens with one attached hydrogen (secondary N) is 2. The summed E-state index contributed by atoms with van der Waals surface area (Å²) in [6.45, 7) is 2.28. The Balaban J connectivity index is 2.33. The van der Waals surface area contributed by atoms with Gasteiger partial charge in [-0.15, -0.1) is 11.3 Å². The smallest absolute Gasteiger partial charge is 0.263 e. The van der Waals surface area contributed by atoms with Gasteiger partial charge in [-0.3, -0.25) is 4.72 Å². The summed E-state index contributed by atoms with van der Waals surface area (Å²) in [5.41, 5.74) is 0.855. The standard InChI is InChI=1S/C13H14BrFN2O2S2/c1-8-3-9(15)5-10(4-8)17-21(18,19)12-6-11(7-16-2)20-13(12)14/h3-6,16-17H,7H2,1-2H3. The molecule has 0 amide bonds. The highest BCUT2D eigenvalue weighted by molar-refractivity contribution is 9.11.